The summed E-state index contributed by atoms with van der Waals surface area (Å²) >= 11 is 3.06. The van der Waals surface area contributed by atoms with Crippen molar-refractivity contribution in [1.82, 2.24) is 9.88 Å². The number of hydrogen-bond donors (Lipinski definition) is 1. The molecule has 30 heavy (non-hydrogen) atoms. The first-order valence-electron chi connectivity index (χ1n) is 9.80. The van der Waals surface area contributed by atoms with E-state index in [0.29, 0.717) is 17.8 Å². The number of thiazole rings is 1. The number of anilines is 1. The van der Waals surface area contributed by atoms with Gasteiger partial charge in [0.2, 0.25) is 5.91 Å². The second-order valence-electron chi connectivity index (χ2n) is 7.19. The zero-order valence-electron chi connectivity index (χ0n) is 16.1. The number of carbonyl (C=O) groups is 2. The van der Waals surface area contributed by atoms with E-state index in [1.807, 2.05) is 53.9 Å². The molecule has 0 spiro atoms. The lowest BCUT2D eigenvalue weighted by atomic mass is 10.1. The van der Waals surface area contributed by atoms with Crippen LogP contribution in [0.5, 0.6) is 0 Å². The van der Waals surface area contributed by atoms with Gasteiger partial charge in [0.25, 0.3) is 5.91 Å². The molecule has 3 heterocycles. The molecule has 7 heteroatoms. The summed E-state index contributed by atoms with van der Waals surface area (Å²) in [4.78, 5) is 32.6. The molecule has 1 aliphatic rings. The predicted molar refractivity (Wildman–Crippen MR) is 122 cm³/mol. The maximum atomic E-state index is 12.9. The van der Waals surface area contributed by atoms with Crippen molar-refractivity contribution >= 4 is 50.4 Å². The van der Waals surface area contributed by atoms with Crippen molar-refractivity contribution < 1.29 is 9.59 Å². The number of carbonyl (C=O) groups excluding carboxylic acids is 2. The van der Waals surface area contributed by atoms with E-state index in [4.69, 9.17) is 0 Å². The number of hydrogen-bond acceptors (Lipinski definition) is 5. The maximum absolute atomic E-state index is 12.9. The highest BCUT2D eigenvalue weighted by Crippen LogP contribution is 2.31. The van der Waals surface area contributed by atoms with Gasteiger partial charge in [-0.3, -0.25) is 9.59 Å². The van der Waals surface area contributed by atoms with Crippen molar-refractivity contribution in [1.29, 1.82) is 0 Å². The summed E-state index contributed by atoms with van der Waals surface area (Å²) in [7, 11) is 0. The van der Waals surface area contributed by atoms with Crippen LogP contribution in [-0.2, 0) is 4.79 Å². The molecule has 1 N–H and O–H groups in total. The summed E-state index contributed by atoms with van der Waals surface area (Å²) in [5, 5.41) is 5.81. The molecule has 1 atom stereocenters. The van der Waals surface area contributed by atoms with E-state index in [0.717, 1.165) is 32.9 Å². The van der Waals surface area contributed by atoms with E-state index >= 15 is 0 Å². The number of para-hydroxylation sites is 1. The quantitative estimate of drug-likeness (QED) is 0.477. The molecule has 5 rings (SSSR count). The molecule has 2 amide bonds. The van der Waals surface area contributed by atoms with E-state index < -0.39 is 6.04 Å². The van der Waals surface area contributed by atoms with Gasteiger partial charge >= 0.3 is 0 Å². The number of rotatable bonds is 4. The second kappa shape index (κ2) is 8.01. The average Bonchev–Trinajstić information content (AvgIpc) is 3.54. The van der Waals surface area contributed by atoms with Crippen molar-refractivity contribution in [3.63, 3.8) is 0 Å². The minimum absolute atomic E-state index is 0.0613. The first-order chi connectivity index (χ1) is 14.7. The Morgan fingerprint density at radius 3 is 2.63 bits per heavy atom. The van der Waals surface area contributed by atoms with Crippen LogP contribution in [0.3, 0.4) is 0 Å². The average molecular weight is 434 g/mol. The van der Waals surface area contributed by atoms with Crippen LogP contribution < -0.4 is 5.32 Å². The molecule has 0 saturated carbocycles. The molecule has 2 aromatic heterocycles. The summed E-state index contributed by atoms with van der Waals surface area (Å²) in [6.07, 6.45) is 1.53. The van der Waals surface area contributed by atoms with Crippen LogP contribution in [-0.4, -0.2) is 34.3 Å². The number of likely N-dealkylation sites (tertiary alicyclic amines) is 1. The van der Waals surface area contributed by atoms with E-state index in [1.54, 1.807) is 22.3 Å². The third-order valence-corrected chi connectivity index (χ3v) is 7.18. The largest absolute Gasteiger partial charge is 0.326 e. The summed E-state index contributed by atoms with van der Waals surface area (Å²) in [5.41, 5.74) is 2.73. The van der Waals surface area contributed by atoms with Crippen LogP contribution in [0.25, 0.3) is 20.8 Å². The molecule has 1 unspecified atom stereocenters. The molecule has 5 nitrogen and oxygen atoms in total. The standard InChI is InChI=1S/C23H19N3O2S2/c27-21(18-6-3-13-26(18)23(28)20-8-4-14-29-20)24-16-11-9-15(10-12-16)22-25-17-5-1-2-7-19(17)30-22/h1-2,4-5,7-12,14,18H,3,6,13H2,(H,24,27). The number of amides is 2. The number of benzene rings is 2. The van der Waals surface area contributed by atoms with E-state index in [9.17, 15) is 9.59 Å². The molecule has 0 bridgehead atoms. The van der Waals surface area contributed by atoms with E-state index in [1.165, 1.54) is 11.3 Å². The lowest BCUT2D eigenvalue weighted by molar-refractivity contribution is -0.119. The van der Waals surface area contributed by atoms with Gasteiger partial charge in [0.15, 0.2) is 0 Å². The molecule has 0 aliphatic carbocycles. The van der Waals surface area contributed by atoms with Crippen LogP contribution in [0.1, 0.15) is 22.5 Å². The zero-order valence-corrected chi connectivity index (χ0v) is 17.7. The molecular weight excluding hydrogens is 414 g/mol. The number of aromatic nitrogens is 1. The van der Waals surface area contributed by atoms with Gasteiger partial charge in [-0.1, -0.05) is 18.2 Å². The van der Waals surface area contributed by atoms with Gasteiger partial charge < -0.3 is 10.2 Å². The van der Waals surface area contributed by atoms with Gasteiger partial charge in [0.05, 0.1) is 15.1 Å². The van der Waals surface area contributed by atoms with Crippen molar-refractivity contribution in [2.75, 3.05) is 11.9 Å². The predicted octanol–water partition coefficient (Wildman–Crippen LogP) is 5.27. The fraction of sp³-hybridized carbons (Fsp3) is 0.174. The Balaban J connectivity index is 1.29. The molecule has 0 radical (unpaired) electrons. The number of fused-ring (bicyclic) bond motifs is 1. The van der Waals surface area contributed by atoms with Crippen LogP contribution in [0.15, 0.2) is 66.0 Å². The van der Waals surface area contributed by atoms with Crippen LogP contribution >= 0.6 is 22.7 Å². The Kier molecular flexibility index (Phi) is 5.06. The van der Waals surface area contributed by atoms with Crippen LogP contribution in [0, 0.1) is 0 Å². The number of thiophene rings is 1. The van der Waals surface area contributed by atoms with Crippen LogP contribution in [0.2, 0.25) is 0 Å². The lowest BCUT2D eigenvalue weighted by Gasteiger charge is -2.23. The zero-order chi connectivity index (χ0) is 20.5. The second-order valence-corrected chi connectivity index (χ2v) is 9.17. The number of nitrogens with one attached hydrogen (secondary N) is 1. The molecule has 150 valence electrons. The highest BCUT2D eigenvalue weighted by molar-refractivity contribution is 7.21. The van der Waals surface area contributed by atoms with Crippen molar-refractivity contribution in [2.45, 2.75) is 18.9 Å². The summed E-state index contributed by atoms with van der Waals surface area (Å²) in [6, 6.07) is 19.0. The molecule has 4 aromatic rings. The topological polar surface area (TPSA) is 62.3 Å². The number of nitrogens with zero attached hydrogens (tertiary/aromatic N) is 2. The summed E-state index contributed by atoms with van der Waals surface area (Å²) in [6.45, 7) is 0.616. The van der Waals surface area contributed by atoms with Crippen molar-refractivity contribution in [3.8, 4) is 10.6 Å². The molecule has 1 fully saturated rings. The normalized spacial score (nSPS) is 16.1. The molecular formula is C23H19N3O2S2. The minimum Gasteiger partial charge on any atom is -0.326 e. The van der Waals surface area contributed by atoms with Crippen LogP contribution in [0.4, 0.5) is 5.69 Å². The SMILES string of the molecule is O=C(Nc1ccc(-c2nc3ccccc3s2)cc1)C1CCCN1C(=O)c1cccs1. The Morgan fingerprint density at radius 1 is 1.03 bits per heavy atom. The van der Waals surface area contributed by atoms with Gasteiger partial charge in [-0.05, 0) is 60.7 Å². The monoisotopic (exact) mass is 433 g/mol. The third-order valence-electron chi connectivity index (χ3n) is 5.24. The first kappa shape index (κ1) is 19.0. The molecule has 1 saturated heterocycles. The van der Waals surface area contributed by atoms with E-state index in [2.05, 4.69) is 16.4 Å². The van der Waals surface area contributed by atoms with Crippen molar-refractivity contribution in [3.05, 3.63) is 70.9 Å². The van der Waals surface area contributed by atoms with E-state index in [-0.39, 0.29) is 11.8 Å². The highest BCUT2D eigenvalue weighted by Gasteiger charge is 2.34. The molecule has 2 aromatic carbocycles. The van der Waals surface area contributed by atoms with Gasteiger partial charge in [0, 0.05) is 17.8 Å². The van der Waals surface area contributed by atoms with Gasteiger partial charge in [-0.25, -0.2) is 4.98 Å². The summed E-state index contributed by atoms with van der Waals surface area (Å²) in [5.74, 6) is -0.195. The third kappa shape index (κ3) is 3.62. The Bertz CT molecular complexity index is 1170. The Hall–Kier alpha value is -3.03. The van der Waals surface area contributed by atoms with Gasteiger partial charge in [0.1, 0.15) is 11.0 Å². The maximum Gasteiger partial charge on any atom is 0.264 e. The van der Waals surface area contributed by atoms with Crippen molar-refractivity contribution in [2.24, 2.45) is 0 Å². The molecule has 1 aliphatic heterocycles. The Labute approximate surface area is 182 Å². The fourth-order valence-corrected chi connectivity index (χ4v) is 5.39. The smallest absolute Gasteiger partial charge is 0.264 e. The first-order valence-corrected chi connectivity index (χ1v) is 11.5. The lowest BCUT2D eigenvalue weighted by Crippen LogP contribution is -2.42. The van der Waals surface area contributed by atoms with Gasteiger partial charge in [-0.15, -0.1) is 22.7 Å². The Morgan fingerprint density at radius 2 is 1.87 bits per heavy atom. The fourth-order valence-electron chi connectivity index (χ4n) is 3.74. The minimum atomic E-state index is -0.427. The summed E-state index contributed by atoms with van der Waals surface area (Å²) < 4.78 is 1.15. The highest BCUT2D eigenvalue weighted by atomic mass is 32.1. The van der Waals surface area contributed by atoms with Gasteiger partial charge in [-0.2, -0.15) is 0 Å².